The Morgan fingerprint density at radius 3 is 2.57 bits per heavy atom. The van der Waals surface area contributed by atoms with Gasteiger partial charge in [0.1, 0.15) is 0 Å². The summed E-state index contributed by atoms with van der Waals surface area (Å²) in [5.41, 5.74) is 7.19. The summed E-state index contributed by atoms with van der Waals surface area (Å²) in [6.45, 7) is 3.05. The Morgan fingerprint density at radius 1 is 1.14 bits per heavy atom. The summed E-state index contributed by atoms with van der Waals surface area (Å²) in [5, 5.41) is 0. The molecule has 6 heteroatoms. The molecule has 0 aromatic heterocycles. The highest BCUT2D eigenvalue weighted by molar-refractivity contribution is 7.89. The number of hydrogen-bond donors (Lipinski definition) is 1. The van der Waals surface area contributed by atoms with Crippen LogP contribution in [0, 0.1) is 6.92 Å². The van der Waals surface area contributed by atoms with Gasteiger partial charge in [0.25, 0.3) is 0 Å². The first kappa shape index (κ1) is 14.8. The molecule has 0 spiro atoms. The number of aryl methyl sites for hydroxylation is 1. The average molecular weight is 309 g/mol. The van der Waals surface area contributed by atoms with Crippen LogP contribution in [0.15, 0.2) is 23.1 Å². The highest BCUT2D eigenvalue weighted by Gasteiger charge is 2.38. The molecule has 2 bridgehead atoms. The van der Waals surface area contributed by atoms with Crippen molar-refractivity contribution in [3.8, 4) is 0 Å². The number of hydrogen-bond acceptors (Lipinski definition) is 4. The van der Waals surface area contributed by atoms with Crippen LogP contribution in [-0.2, 0) is 10.0 Å². The first-order valence-electron chi connectivity index (χ1n) is 7.47. The Morgan fingerprint density at radius 2 is 1.86 bits per heavy atom. The molecule has 2 fully saturated rings. The van der Waals surface area contributed by atoms with Gasteiger partial charge in [-0.15, -0.1) is 0 Å². The zero-order chi connectivity index (χ0) is 15.2. The number of fused-ring (bicyclic) bond motifs is 2. The predicted octanol–water partition coefficient (Wildman–Crippen LogP) is 1.43. The zero-order valence-corrected chi connectivity index (χ0v) is 13.4. The summed E-state index contributed by atoms with van der Waals surface area (Å²) in [4.78, 5) is 2.67. The number of nitrogens with two attached hydrogens (primary N) is 1. The van der Waals surface area contributed by atoms with Crippen molar-refractivity contribution >= 4 is 15.7 Å². The molecule has 5 nitrogen and oxygen atoms in total. The van der Waals surface area contributed by atoms with Gasteiger partial charge in [0, 0.05) is 30.9 Å². The number of benzene rings is 1. The van der Waals surface area contributed by atoms with Crippen molar-refractivity contribution in [3.63, 3.8) is 0 Å². The molecule has 2 atom stereocenters. The Balaban J connectivity index is 1.91. The largest absolute Gasteiger partial charge is 0.399 e. The van der Waals surface area contributed by atoms with E-state index in [0.717, 1.165) is 18.4 Å². The summed E-state index contributed by atoms with van der Waals surface area (Å²) in [7, 11) is -1.34. The average Bonchev–Trinajstić information content (AvgIpc) is 2.61. The van der Waals surface area contributed by atoms with Crippen molar-refractivity contribution in [2.45, 2.75) is 43.2 Å². The quantitative estimate of drug-likeness (QED) is 0.839. The van der Waals surface area contributed by atoms with Crippen LogP contribution in [0.1, 0.15) is 24.8 Å². The second-order valence-corrected chi connectivity index (χ2v) is 8.22. The van der Waals surface area contributed by atoms with Crippen molar-refractivity contribution in [2.75, 3.05) is 25.9 Å². The number of sulfonamides is 1. The Hall–Kier alpha value is -1.11. The van der Waals surface area contributed by atoms with Crippen LogP contribution in [0.3, 0.4) is 0 Å². The molecule has 2 N–H and O–H groups in total. The number of nitrogen functional groups attached to an aromatic ring is 1. The molecule has 2 aliphatic heterocycles. The van der Waals surface area contributed by atoms with E-state index in [-0.39, 0.29) is 0 Å². The van der Waals surface area contributed by atoms with Crippen LogP contribution in [-0.4, -0.2) is 49.8 Å². The third kappa shape index (κ3) is 2.67. The van der Waals surface area contributed by atoms with Gasteiger partial charge < -0.3 is 5.73 Å². The molecule has 0 saturated carbocycles. The molecular weight excluding hydrogens is 286 g/mol. The van der Waals surface area contributed by atoms with E-state index < -0.39 is 10.0 Å². The van der Waals surface area contributed by atoms with E-state index in [4.69, 9.17) is 5.73 Å². The van der Waals surface area contributed by atoms with Crippen LogP contribution in [0.25, 0.3) is 0 Å². The second-order valence-electron chi connectivity index (χ2n) is 6.28. The zero-order valence-electron chi connectivity index (χ0n) is 12.6. The van der Waals surface area contributed by atoms with Gasteiger partial charge in [-0.2, -0.15) is 4.31 Å². The van der Waals surface area contributed by atoms with E-state index in [1.54, 1.807) is 22.5 Å². The number of anilines is 1. The number of nitrogens with zero attached hydrogens (tertiary/aromatic N) is 2. The Labute approximate surface area is 126 Å². The van der Waals surface area contributed by atoms with Gasteiger partial charge in [-0.25, -0.2) is 8.42 Å². The van der Waals surface area contributed by atoms with Gasteiger partial charge in [-0.3, -0.25) is 4.90 Å². The summed E-state index contributed by atoms with van der Waals surface area (Å²) in [5.74, 6) is 0. The fourth-order valence-corrected chi connectivity index (χ4v) is 5.20. The summed E-state index contributed by atoms with van der Waals surface area (Å²) in [6.07, 6.45) is 3.18. The second kappa shape index (κ2) is 5.26. The van der Waals surface area contributed by atoms with Crippen LogP contribution < -0.4 is 5.73 Å². The lowest BCUT2D eigenvalue weighted by atomic mass is 10.1. The minimum atomic E-state index is -3.45. The van der Waals surface area contributed by atoms with E-state index in [9.17, 15) is 8.42 Å². The Bertz CT molecular complexity index is 624. The van der Waals surface area contributed by atoms with E-state index in [1.165, 1.54) is 6.42 Å². The smallest absolute Gasteiger partial charge is 0.243 e. The molecule has 2 saturated heterocycles. The maximum atomic E-state index is 12.9. The van der Waals surface area contributed by atoms with Crippen molar-refractivity contribution in [2.24, 2.45) is 0 Å². The molecule has 0 radical (unpaired) electrons. The maximum absolute atomic E-state index is 12.9. The molecule has 21 heavy (non-hydrogen) atoms. The van der Waals surface area contributed by atoms with Crippen LogP contribution in [0.4, 0.5) is 5.69 Å². The molecule has 1 aromatic rings. The Kier molecular flexibility index (Phi) is 3.71. The molecule has 2 unspecified atom stereocenters. The molecule has 0 amide bonds. The van der Waals surface area contributed by atoms with Crippen molar-refractivity contribution in [1.29, 1.82) is 0 Å². The number of rotatable bonds is 2. The lowest BCUT2D eigenvalue weighted by Gasteiger charge is -2.25. The van der Waals surface area contributed by atoms with E-state index >= 15 is 0 Å². The summed E-state index contributed by atoms with van der Waals surface area (Å²) < 4.78 is 27.4. The molecule has 1 aromatic carbocycles. The summed E-state index contributed by atoms with van der Waals surface area (Å²) >= 11 is 0. The minimum absolute atomic E-state index is 0.320. The van der Waals surface area contributed by atoms with Crippen molar-refractivity contribution in [3.05, 3.63) is 23.8 Å². The molecule has 3 rings (SSSR count). The van der Waals surface area contributed by atoms with Gasteiger partial charge >= 0.3 is 0 Å². The fraction of sp³-hybridized carbons (Fsp3) is 0.600. The van der Waals surface area contributed by atoms with Gasteiger partial charge in [-0.05, 0) is 57.0 Å². The highest BCUT2D eigenvalue weighted by Crippen LogP contribution is 2.31. The lowest BCUT2D eigenvalue weighted by Crippen LogP contribution is -2.39. The third-order valence-electron chi connectivity index (χ3n) is 4.82. The van der Waals surface area contributed by atoms with Crippen LogP contribution in [0.5, 0.6) is 0 Å². The first-order valence-corrected chi connectivity index (χ1v) is 8.91. The van der Waals surface area contributed by atoms with Crippen LogP contribution >= 0.6 is 0 Å². The van der Waals surface area contributed by atoms with Gasteiger partial charge in [0.05, 0.1) is 4.90 Å². The molecule has 2 aliphatic rings. The monoisotopic (exact) mass is 309 g/mol. The molecular formula is C15H23N3O2S. The normalized spacial score (nSPS) is 27.7. The highest BCUT2D eigenvalue weighted by atomic mass is 32.2. The van der Waals surface area contributed by atoms with Gasteiger partial charge in [0.2, 0.25) is 10.0 Å². The van der Waals surface area contributed by atoms with Crippen LogP contribution in [0.2, 0.25) is 0 Å². The topological polar surface area (TPSA) is 66.6 Å². The molecule has 0 aliphatic carbocycles. The van der Waals surface area contributed by atoms with Gasteiger partial charge in [-0.1, -0.05) is 0 Å². The van der Waals surface area contributed by atoms with Gasteiger partial charge in [0.15, 0.2) is 0 Å². The predicted molar refractivity (Wildman–Crippen MR) is 83.5 cm³/mol. The van der Waals surface area contributed by atoms with E-state index in [2.05, 4.69) is 11.9 Å². The molecule has 116 valence electrons. The van der Waals surface area contributed by atoms with Crippen molar-refractivity contribution in [1.82, 2.24) is 9.21 Å². The first-order chi connectivity index (χ1) is 9.88. The van der Waals surface area contributed by atoms with E-state index in [0.29, 0.717) is 35.8 Å². The lowest BCUT2D eigenvalue weighted by molar-refractivity contribution is 0.246. The fourth-order valence-electron chi connectivity index (χ4n) is 3.57. The minimum Gasteiger partial charge on any atom is -0.399 e. The summed E-state index contributed by atoms with van der Waals surface area (Å²) in [6, 6.07) is 5.93. The van der Waals surface area contributed by atoms with Crippen molar-refractivity contribution < 1.29 is 8.42 Å². The SMILES string of the molecule is Cc1cc(N)cc(S(=O)(=O)N2CCC3CCC(C2)N3C)c1. The number of likely N-dealkylation sites (N-methyl/N-ethyl adjacent to an activating group) is 1. The third-order valence-corrected chi connectivity index (χ3v) is 6.67. The molecule has 2 heterocycles. The maximum Gasteiger partial charge on any atom is 0.243 e. The van der Waals surface area contributed by atoms with E-state index in [1.807, 2.05) is 6.92 Å². The standard InChI is InChI=1S/C15H23N3O2S/c1-11-7-12(16)9-15(8-11)21(19,20)18-6-5-13-3-4-14(10-18)17(13)2/h7-9,13-14H,3-6,10,16H2,1-2H3.